The Hall–Kier alpha value is -0.860. The van der Waals surface area contributed by atoms with E-state index in [0.717, 1.165) is 24.7 Å². The summed E-state index contributed by atoms with van der Waals surface area (Å²) in [6.07, 6.45) is 11.7. The van der Waals surface area contributed by atoms with Crippen molar-refractivity contribution in [3.8, 4) is 0 Å². The average Bonchev–Trinajstić information content (AvgIpc) is 3.45. The number of carbonyl (C=O) groups excluding carboxylic acids is 2. The van der Waals surface area contributed by atoms with E-state index in [9.17, 15) is 9.59 Å². The third-order valence-electron chi connectivity index (χ3n) is 11.7. The molecule has 31 heavy (non-hydrogen) atoms. The van der Waals surface area contributed by atoms with Crippen LogP contribution in [0.3, 0.4) is 0 Å². The van der Waals surface area contributed by atoms with E-state index in [1.165, 1.54) is 52.1 Å². The van der Waals surface area contributed by atoms with Crippen LogP contribution in [0.4, 0.5) is 0 Å². The van der Waals surface area contributed by atoms with Crippen molar-refractivity contribution >= 4 is 11.8 Å². The molecule has 5 fully saturated rings. The summed E-state index contributed by atoms with van der Waals surface area (Å²) < 4.78 is 4.89. The average molecular weight is 429 g/mol. The number of ketones is 1. The molecule has 0 heterocycles. The van der Waals surface area contributed by atoms with E-state index in [2.05, 4.69) is 27.7 Å². The lowest BCUT2D eigenvalue weighted by atomic mass is 9.42. The molecule has 0 aromatic rings. The molecule has 0 aliphatic heterocycles. The fourth-order valence-corrected chi connectivity index (χ4v) is 10.2. The molecule has 4 unspecified atom stereocenters. The Bertz CT molecular complexity index is 745. The molecule has 0 bridgehead atoms. The Kier molecular flexibility index (Phi) is 5.38. The number of methoxy groups -OCH3 is 1. The Labute approximate surface area is 189 Å². The highest BCUT2D eigenvalue weighted by atomic mass is 16.5. The lowest BCUT2D eigenvalue weighted by molar-refractivity contribution is -0.169. The van der Waals surface area contributed by atoms with Gasteiger partial charge in [-0.2, -0.15) is 0 Å². The van der Waals surface area contributed by atoms with Gasteiger partial charge in [0.15, 0.2) is 0 Å². The summed E-state index contributed by atoms with van der Waals surface area (Å²) in [5.74, 6) is 6.03. The van der Waals surface area contributed by atoms with Gasteiger partial charge in [0.05, 0.1) is 7.11 Å². The highest BCUT2D eigenvalue weighted by molar-refractivity contribution is 5.86. The minimum atomic E-state index is -0.0850. The fourth-order valence-electron chi connectivity index (χ4n) is 10.2. The Balaban J connectivity index is 1.41. The van der Waals surface area contributed by atoms with Crippen molar-refractivity contribution in [2.24, 2.45) is 64.1 Å². The largest absolute Gasteiger partial charge is 0.469 e. The van der Waals surface area contributed by atoms with Gasteiger partial charge in [-0.15, -0.1) is 0 Å². The topological polar surface area (TPSA) is 43.4 Å². The van der Waals surface area contributed by atoms with Crippen LogP contribution < -0.4 is 0 Å². The number of hydrogen-bond donors (Lipinski definition) is 0. The van der Waals surface area contributed by atoms with Gasteiger partial charge in [0, 0.05) is 18.3 Å². The van der Waals surface area contributed by atoms with E-state index in [1.54, 1.807) is 0 Å². The monoisotopic (exact) mass is 428 g/mol. The summed E-state index contributed by atoms with van der Waals surface area (Å²) in [6, 6.07) is 0. The number of rotatable bonds is 5. The molecule has 3 heteroatoms. The highest BCUT2D eigenvalue weighted by Crippen LogP contribution is 2.72. The molecule has 174 valence electrons. The summed E-state index contributed by atoms with van der Waals surface area (Å²) in [5, 5.41) is 0. The maximum Gasteiger partial charge on any atom is 0.305 e. The van der Waals surface area contributed by atoms with Crippen molar-refractivity contribution in [1.82, 2.24) is 0 Å². The van der Waals surface area contributed by atoms with Crippen molar-refractivity contribution in [1.29, 1.82) is 0 Å². The second-order valence-electron chi connectivity index (χ2n) is 12.7. The second kappa shape index (κ2) is 7.59. The zero-order valence-electron chi connectivity index (χ0n) is 20.5. The fraction of sp³-hybridized carbons (Fsp3) is 0.929. The molecule has 5 saturated carbocycles. The number of carbonyl (C=O) groups is 2. The van der Waals surface area contributed by atoms with Crippen LogP contribution in [0.15, 0.2) is 0 Å². The molecule has 0 amide bonds. The van der Waals surface area contributed by atoms with Gasteiger partial charge in [0.25, 0.3) is 0 Å². The third-order valence-corrected chi connectivity index (χ3v) is 11.7. The molecule has 5 aliphatic carbocycles. The molecule has 0 aromatic heterocycles. The Morgan fingerprint density at radius 3 is 2.52 bits per heavy atom. The van der Waals surface area contributed by atoms with Crippen LogP contribution >= 0.6 is 0 Å². The van der Waals surface area contributed by atoms with Crippen molar-refractivity contribution in [3.63, 3.8) is 0 Å². The van der Waals surface area contributed by atoms with Gasteiger partial charge in [-0.25, -0.2) is 0 Å². The summed E-state index contributed by atoms with van der Waals surface area (Å²) in [6.45, 7) is 9.74. The van der Waals surface area contributed by atoms with Crippen molar-refractivity contribution in [2.75, 3.05) is 7.11 Å². The van der Waals surface area contributed by atoms with E-state index >= 15 is 0 Å². The first-order chi connectivity index (χ1) is 14.8. The van der Waals surface area contributed by atoms with Crippen LogP contribution in [0.5, 0.6) is 0 Å². The van der Waals surface area contributed by atoms with E-state index < -0.39 is 0 Å². The quantitative estimate of drug-likeness (QED) is 0.483. The van der Waals surface area contributed by atoms with Crippen molar-refractivity contribution < 1.29 is 14.3 Å². The Morgan fingerprint density at radius 1 is 1.10 bits per heavy atom. The summed E-state index contributed by atoms with van der Waals surface area (Å²) >= 11 is 0. The van der Waals surface area contributed by atoms with Gasteiger partial charge in [-0.05, 0) is 110 Å². The number of ether oxygens (including phenoxy) is 1. The van der Waals surface area contributed by atoms with Gasteiger partial charge >= 0.3 is 5.97 Å². The van der Waals surface area contributed by atoms with Crippen LogP contribution in [-0.4, -0.2) is 18.9 Å². The molecule has 0 saturated heterocycles. The molecule has 11 atom stereocenters. The first-order valence-corrected chi connectivity index (χ1v) is 13.4. The molecular formula is C28H44O3. The van der Waals surface area contributed by atoms with Crippen molar-refractivity contribution in [3.05, 3.63) is 0 Å². The second-order valence-corrected chi connectivity index (χ2v) is 12.7. The van der Waals surface area contributed by atoms with Crippen LogP contribution in [-0.2, 0) is 14.3 Å². The number of hydrogen-bond acceptors (Lipinski definition) is 3. The van der Waals surface area contributed by atoms with Crippen LogP contribution in [0.1, 0.15) is 91.9 Å². The lowest BCUT2D eigenvalue weighted by Crippen LogP contribution is -2.60. The molecule has 5 aliphatic rings. The molecule has 5 rings (SSSR count). The van der Waals surface area contributed by atoms with Gasteiger partial charge in [0.2, 0.25) is 0 Å². The first-order valence-electron chi connectivity index (χ1n) is 13.4. The minimum absolute atomic E-state index is 0.0850. The molecule has 0 spiro atoms. The van der Waals surface area contributed by atoms with E-state index in [0.29, 0.717) is 59.0 Å². The van der Waals surface area contributed by atoms with Gasteiger partial charge < -0.3 is 4.74 Å². The number of Topliss-reactive ketones (excluding diaryl/α,β-unsaturated/α-hetero) is 1. The molecule has 3 nitrogen and oxygen atoms in total. The molecule has 0 aromatic carbocycles. The maximum atomic E-state index is 14.1. The minimum Gasteiger partial charge on any atom is -0.469 e. The standard InChI is InChI=1S/C28H44O3/c1-6-18-25-19-15-17(19)11-13-28(25,4)22-12-14-27(3)20(16(2)7-10-23(29)31-5)8-9-21(27)24(22)26(18)30/h16-22,24-25H,6-15H2,1-5H3/t16-,17?,18-,19+,20-,21?,22?,24?,25-,27-,28-/m1/s1. The first kappa shape index (κ1) is 22.0. The third kappa shape index (κ3) is 3.11. The van der Waals surface area contributed by atoms with E-state index in [-0.39, 0.29) is 11.4 Å². The van der Waals surface area contributed by atoms with Crippen LogP contribution in [0, 0.1) is 64.1 Å². The van der Waals surface area contributed by atoms with E-state index in [1.807, 2.05) is 0 Å². The van der Waals surface area contributed by atoms with Crippen LogP contribution in [0.2, 0.25) is 0 Å². The normalized spacial score (nSPS) is 51.2. The molecule has 0 N–H and O–H groups in total. The highest BCUT2D eigenvalue weighted by Gasteiger charge is 2.68. The summed E-state index contributed by atoms with van der Waals surface area (Å²) in [5.41, 5.74) is 0.664. The predicted molar refractivity (Wildman–Crippen MR) is 122 cm³/mol. The van der Waals surface area contributed by atoms with Crippen LogP contribution in [0.25, 0.3) is 0 Å². The zero-order chi connectivity index (χ0) is 22.1. The lowest BCUT2D eigenvalue weighted by Gasteiger charge is -2.62. The van der Waals surface area contributed by atoms with Gasteiger partial charge in [-0.3, -0.25) is 9.59 Å². The van der Waals surface area contributed by atoms with Gasteiger partial charge in [0.1, 0.15) is 5.78 Å². The summed E-state index contributed by atoms with van der Waals surface area (Å²) in [7, 11) is 1.49. The Morgan fingerprint density at radius 2 is 1.81 bits per heavy atom. The molecule has 0 radical (unpaired) electrons. The maximum absolute atomic E-state index is 14.1. The van der Waals surface area contributed by atoms with E-state index in [4.69, 9.17) is 4.74 Å². The number of esters is 1. The SMILES string of the molecule is CC[C@H]1C(=O)C2C3CC[C@H]([C@H](C)CCC(=O)OC)[C@@]3(C)CCC2[C@@]2(C)CCC3C[C@@H]3[C@@H]12. The van der Waals surface area contributed by atoms with Gasteiger partial charge in [-0.1, -0.05) is 27.7 Å². The van der Waals surface area contributed by atoms with Crippen molar-refractivity contribution in [2.45, 2.75) is 91.9 Å². The predicted octanol–water partition coefficient (Wildman–Crippen LogP) is 6.30. The molecular weight excluding hydrogens is 384 g/mol. The smallest absolute Gasteiger partial charge is 0.305 e. The summed E-state index contributed by atoms with van der Waals surface area (Å²) in [4.78, 5) is 25.8. The zero-order valence-corrected chi connectivity index (χ0v) is 20.5. The number of fused-ring (bicyclic) bond motifs is 7.